The molecular weight excluding hydrogens is 236 g/mol. The van der Waals surface area contributed by atoms with Crippen molar-refractivity contribution in [2.24, 2.45) is 5.73 Å². The minimum atomic E-state index is 0.395. The van der Waals surface area contributed by atoms with Gasteiger partial charge in [-0.3, -0.25) is 0 Å². The molecule has 90 valence electrons. The van der Waals surface area contributed by atoms with E-state index in [1.165, 1.54) is 0 Å². The Morgan fingerprint density at radius 1 is 1.35 bits per heavy atom. The fourth-order valence-corrected chi connectivity index (χ4v) is 1.97. The second kappa shape index (κ2) is 4.47. The Kier molecular flexibility index (Phi) is 3.17. The third-order valence-corrected chi connectivity index (χ3v) is 3.44. The third-order valence-electron chi connectivity index (χ3n) is 3.02. The van der Waals surface area contributed by atoms with Crippen LogP contribution in [0.25, 0.3) is 5.82 Å². The summed E-state index contributed by atoms with van der Waals surface area (Å²) in [4.78, 5) is 4.29. The Bertz CT molecular complexity index is 560. The van der Waals surface area contributed by atoms with Gasteiger partial charge in [-0.15, -0.1) is 0 Å². The fraction of sp³-hybridized carbons (Fsp3) is 0.333. The van der Waals surface area contributed by atoms with Crippen LogP contribution in [0.5, 0.6) is 0 Å². The van der Waals surface area contributed by atoms with E-state index in [-0.39, 0.29) is 0 Å². The molecule has 0 saturated carbocycles. The largest absolute Gasteiger partial charge is 0.326 e. The summed E-state index contributed by atoms with van der Waals surface area (Å²) in [5, 5.41) is 5.02. The smallest absolute Gasteiger partial charge is 0.172 e. The molecule has 2 rings (SSSR count). The Balaban J connectivity index is 2.64. The molecular formula is C12H15ClN4. The van der Waals surface area contributed by atoms with Crippen LogP contribution < -0.4 is 5.73 Å². The topological polar surface area (TPSA) is 56.7 Å². The summed E-state index contributed by atoms with van der Waals surface area (Å²) < 4.78 is 1.77. The van der Waals surface area contributed by atoms with Gasteiger partial charge in [-0.2, -0.15) is 5.10 Å². The summed E-state index contributed by atoms with van der Waals surface area (Å²) in [5.74, 6) is 0.642. The Labute approximate surface area is 105 Å². The van der Waals surface area contributed by atoms with Crippen molar-refractivity contribution in [2.45, 2.75) is 27.3 Å². The van der Waals surface area contributed by atoms with E-state index in [1.54, 1.807) is 10.9 Å². The van der Waals surface area contributed by atoms with Crippen LogP contribution >= 0.6 is 11.6 Å². The van der Waals surface area contributed by atoms with Gasteiger partial charge in [-0.1, -0.05) is 11.6 Å². The van der Waals surface area contributed by atoms with Gasteiger partial charge in [0, 0.05) is 18.4 Å². The molecule has 0 saturated heterocycles. The van der Waals surface area contributed by atoms with Crippen LogP contribution in [0.2, 0.25) is 5.02 Å². The van der Waals surface area contributed by atoms with E-state index in [2.05, 4.69) is 10.1 Å². The molecule has 5 heteroatoms. The summed E-state index contributed by atoms with van der Waals surface area (Å²) in [7, 11) is 0. The summed E-state index contributed by atoms with van der Waals surface area (Å²) in [6.45, 7) is 6.41. The molecule has 0 atom stereocenters. The first-order valence-electron chi connectivity index (χ1n) is 5.43. The van der Waals surface area contributed by atoms with Crippen molar-refractivity contribution >= 4 is 11.6 Å². The maximum Gasteiger partial charge on any atom is 0.172 e. The standard InChI is InChI=1S/C12H15ClN4/c1-7-8(2)16-17(9(7)3)12-11(13)10(6-14)4-5-15-12/h4-5H,6,14H2,1-3H3. The minimum absolute atomic E-state index is 0.395. The van der Waals surface area contributed by atoms with E-state index in [0.29, 0.717) is 17.4 Å². The van der Waals surface area contributed by atoms with Crippen molar-refractivity contribution in [3.8, 4) is 5.82 Å². The lowest BCUT2D eigenvalue weighted by Gasteiger charge is -2.08. The van der Waals surface area contributed by atoms with Crippen LogP contribution in [0.1, 0.15) is 22.5 Å². The lowest BCUT2D eigenvalue weighted by molar-refractivity contribution is 0.802. The van der Waals surface area contributed by atoms with E-state index in [4.69, 9.17) is 17.3 Å². The number of hydrogen-bond acceptors (Lipinski definition) is 3. The first-order valence-corrected chi connectivity index (χ1v) is 5.80. The quantitative estimate of drug-likeness (QED) is 0.890. The van der Waals surface area contributed by atoms with Crippen LogP contribution in [-0.4, -0.2) is 14.8 Å². The number of aromatic nitrogens is 3. The van der Waals surface area contributed by atoms with Crippen LogP contribution in [0.15, 0.2) is 12.3 Å². The predicted octanol–water partition coefficient (Wildman–Crippen LogP) is 2.30. The number of nitrogens with zero attached hydrogens (tertiary/aromatic N) is 3. The summed E-state index contributed by atoms with van der Waals surface area (Å²) >= 11 is 6.27. The molecule has 0 unspecified atom stereocenters. The van der Waals surface area contributed by atoms with E-state index < -0.39 is 0 Å². The highest BCUT2D eigenvalue weighted by atomic mass is 35.5. The normalized spacial score (nSPS) is 10.9. The number of pyridine rings is 1. The highest BCUT2D eigenvalue weighted by Crippen LogP contribution is 2.24. The van der Waals surface area contributed by atoms with Gasteiger partial charge in [-0.05, 0) is 38.0 Å². The minimum Gasteiger partial charge on any atom is -0.326 e. The molecule has 0 spiro atoms. The highest BCUT2D eigenvalue weighted by Gasteiger charge is 2.14. The first-order chi connectivity index (χ1) is 8.06. The van der Waals surface area contributed by atoms with Crippen molar-refractivity contribution in [3.63, 3.8) is 0 Å². The van der Waals surface area contributed by atoms with Crippen molar-refractivity contribution in [2.75, 3.05) is 0 Å². The zero-order chi connectivity index (χ0) is 12.6. The first kappa shape index (κ1) is 12.1. The van der Waals surface area contributed by atoms with E-state index >= 15 is 0 Å². The van der Waals surface area contributed by atoms with E-state index in [9.17, 15) is 0 Å². The van der Waals surface area contributed by atoms with Crippen molar-refractivity contribution in [1.29, 1.82) is 0 Å². The molecule has 2 N–H and O–H groups in total. The van der Waals surface area contributed by atoms with Gasteiger partial charge in [0.1, 0.15) is 0 Å². The monoisotopic (exact) mass is 250 g/mol. The maximum atomic E-state index is 6.27. The van der Waals surface area contributed by atoms with Gasteiger partial charge in [0.15, 0.2) is 5.82 Å². The molecule has 2 aromatic heterocycles. The van der Waals surface area contributed by atoms with E-state index in [0.717, 1.165) is 22.5 Å². The van der Waals surface area contributed by atoms with Gasteiger partial charge in [0.25, 0.3) is 0 Å². The predicted molar refractivity (Wildman–Crippen MR) is 68.5 cm³/mol. The Morgan fingerprint density at radius 3 is 2.59 bits per heavy atom. The average molecular weight is 251 g/mol. The van der Waals surface area contributed by atoms with Crippen LogP contribution in [0.3, 0.4) is 0 Å². The number of halogens is 1. The molecule has 17 heavy (non-hydrogen) atoms. The van der Waals surface area contributed by atoms with E-state index in [1.807, 2.05) is 26.8 Å². The molecule has 0 bridgehead atoms. The van der Waals surface area contributed by atoms with Gasteiger partial charge in [0.05, 0.1) is 10.7 Å². The van der Waals surface area contributed by atoms with Crippen molar-refractivity contribution in [1.82, 2.24) is 14.8 Å². The van der Waals surface area contributed by atoms with Crippen LogP contribution in [0, 0.1) is 20.8 Å². The van der Waals surface area contributed by atoms with Crippen LogP contribution in [-0.2, 0) is 6.54 Å². The van der Waals surface area contributed by atoms with Gasteiger partial charge >= 0.3 is 0 Å². The Morgan fingerprint density at radius 2 is 2.06 bits per heavy atom. The van der Waals surface area contributed by atoms with Gasteiger partial charge in [0.2, 0.25) is 0 Å². The zero-order valence-electron chi connectivity index (χ0n) is 10.2. The average Bonchev–Trinajstić information content (AvgIpc) is 2.57. The molecule has 0 aromatic carbocycles. The van der Waals surface area contributed by atoms with Gasteiger partial charge < -0.3 is 5.73 Å². The molecule has 2 heterocycles. The Hall–Kier alpha value is -1.39. The molecule has 4 nitrogen and oxygen atoms in total. The van der Waals surface area contributed by atoms with Crippen molar-refractivity contribution in [3.05, 3.63) is 39.8 Å². The zero-order valence-corrected chi connectivity index (χ0v) is 10.9. The van der Waals surface area contributed by atoms with Gasteiger partial charge in [-0.25, -0.2) is 9.67 Å². The summed E-state index contributed by atoms with van der Waals surface area (Å²) in [5.41, 5.74) is 9.69. The van der Waals surface area contributed by atoms with Crippen LogP contribution in [0.4, 0.5) is 0 Å². The SMILES string of the molecule is Cc1nn(-c2nccc(CN)c2Cl)c(C)c1C. The second-order valence-electron chi connectivity index (χ2n) is 4.02. The third kappa shape index (κ3) is 1.94. The number of nitrogens with two attached hydrogens (primary N) is 1. The summed E-state index contributed by atoms with van der Waals surface area (Å²) in [6.07, 6.45) is 1.70. The molecule has 0 fully saturated rings. The molecule has 0 amide bonds. The van der Waals surface area contributed by atoms with Crippen molar-refractivity contribution < 1.29 is 0 Å². The molecule has 2 aromatic rings. The summed E-state index contributed by atoms with van der Waals surface area (Å²) in [6, 6.07) is 1.82. The maximum absolute atomic E-state index is 6.27. The molecule has 0 radical (unpaired) electrons. The second-order valence-corrected chi connectivity index (χ2v) is 4.40. The number of aryl methyl sites for hydroxylation is 1. The molecule has 0 aliphatic heterocycles. The highest BCUT2D eigenvalue weighted by molar-refractivity contribution is 6.32. The lowest BCUT2D eigenvalue weighted by Crippen LogP contribution is -2.06. The lowest BCUT2D eigenvalue weighted by atomic mass is 10.2. The fourth-order valence-electron chi connectivity index (χ4n) is 1.70. The molecule has 0 aliphatic carbocycles. The number of hydrogen-bond donors (Lipinski definition) is 1. The number of rotatable bonds is 2. The molecule has 0 aliphatic rings.